The first-order valence-corrected chi connectivity index (χ1v) is 8.10. The van der Waals surface area contributed by atoms with Crippen molar-refractivity contribution in [2.24, 2.45) is 0 Å². The first-order chi connectivity index (χ1) is 11.5. The Bertz CT molecular complexity index is 756. The van der Waals surface area contributed by atoms with Gasteiger partial charge in [0.25, 0.3) is 5.91 Å². The molecule has 1 aromatic carbocycles. The summed E-state index contributed by atoms with van der Waals surface area (Å²) in [5, 5.41) is 9.64. The Morgan fingerprint density at radius 3 is 2.96 bits per heavy atom. The minimum atomic E-state index is -0.498. The van der Waals surface area contributed by atoms with E-state index in [0.29, 0.717) is 12.2 Å². The average molecular weight is 329 g/mol. The van der Waals surface area contributed by atoms with Gasteiger partial charge in [-0.05, 0) is 44.4 Å². The molecular formula is C18H23N3O3. The number of nitrogens with zero attached hydrogens (tertiary/aromatic N) is 3. The lowest BCUT2D eigenvalue weighted by Crippen LogP contribution is -2.47. The lowest BCUT2D eigenvalue weighted by Gasteiger charge is -2.33. The van der Waals surface area contributed by atoms with Gasteiger partial charge in [-0.3, -0.25) is 4.79 Å². The van der Waals surface area contributed by atoms with E-state index < -0.39 is 5.54 Å². The van der Waals surface area contributed by atoms with Crippen molar-refractivity contribution >= 4 is 5.91 Å². The summed E-state index contributed by atoms with van der Waals surface area (Å²) < 4.78 is 7.19. The molecule has 2 heterocycles. The number of hydrogen-bond acceptors (Lipinski definition) is 4. The highest BCUT2D eigenvalue weighted by Gasteiger charge is 2.40. The van der Waals surface area contributed by atoms with Gasteiger partial charge in [-0.2, -0.15) is 0 Å². The van der Waals surface area contributed by atoms with Crippen molar-refractivity contribution < 1.29 is 14.6 Å². The molecule has 6 heteroatoms. The molecule has 24 heavy (non-hydrogen) atoms. The molecule has 1 unspecified atom stereocenters. The van der Waals surface area contributed by atoms with E-state index in [9.17, 15) is 9.90 Å². The van der Waals surface area contributed by atoms with E-state index in [-0.39, 0.29) is 12.5 Å². The maximum atomic E-state index is 12.8. The zero-order chi connectivity index (χ0) is 17.3. The van der Waals surface area contributed by atoms with Crippen LogP contribution in [0.25, 0.3) is 5.69 Å². The lowest BCUT2D eigenvalue weighted by molar-refractivity contribution is 0.0468. The summed E-state index contributed by atoms with van der Waals surface area (Å²) in [5.74, 6) is 0.577. The van der Waals surface area contributed by atoms with Crippen LogP contribution in [0.4, 0.5) is 0 Å². The van der Waals surface area contributed by atoms with Crippen LogP contribution < -0.4 is 4.74 Å². The van der Waals surface area contributed by atoms with E-state index in [1.807, 2.05) is 32.0 Å². The largest absolute Gasteiger partial charge is 0.495 e. The van der Waals surface area contributed by atoms with E-state index in [2.05, 4.69) is 4.98 Å². The Morgan fingerprint density at radius 2 is 2.25 bits per heavy atom. The third-order valence-corrected chi connectivity index (χ3v) is 4.75. The molecule has 0 saturated carbocycles. The molecule has 0 radical (unpaired) electrons. The molecule has 2 aromatic rings. The fourth-order valence-corrected chi connectivity index (χ4v) is 3.24. The fourth-order valence-electron chi connectivity index (χ4n) is 3.24. The quantitative estimate of drug-likeness (QED) is 0.933. The van der Waals surface area contributed by atoms with Crippen LogP contribution in [-0.4, -0.2) is 51.3 Å². The van der Waals surface area contributed by atoms with E-state index in [0.717, 1.165) is 29.8 Å². The zero-order valence-electron chi connectivity index (χ0n) is 14.3. The van der Waals surface area contributed by atoms with E-state index >= 15 is 0 Å². The number of aliphatic hydroxyl groups excluding tert-OH is 1. The second kappa shape index (κ2) is 6.28. The second-order valence-corrected chi connectivity index (χ2v) is 6.56. The minimum absolute atomic E-state index is 0.0366. The number of ether oxygens (including phenoxy) is 1. The van der Waals surface area contributed by atoms with Crippen LogP contribution in [0.1, 0.15) is 35.8 Å². The predicted octanol–water partition coefficient (Wildman–Crippen LogP) is 2.18. The minimum Gasteiger partial charge on any atom is -0.495 e. The molecule has 3 rings (SSSR count). The number of aryl methyl sites for hydroxylation is 1. The number of imidazole rings is 1. The molecule has 1 amide bonds. The van der Waals surface area contributed by atoms with Gasteiger partial charge in [0, 0.05) is 12.7 Å². The molecule has 1 aliphatic heterocycles. The van der Waals surface area contributed by atoms with Crippen molar-refractivity contribution in [3.8, 4) is 11.4 Å². The number of hydrogen-bond donors (Lipinski definition) is 1. The molecule has 0 aliphatic carbocycles. The zero-order valence-corrected chi connectivity index (χ0v) is 14.3. The molecule has 1 aliphatic rings. The van der Waals surface area contributed by atoms with Gasteiger partial charge in [-0.25, -0.2) is 4.98 Å². The first kappa shape index (κ1) is 16.5. The van der Waals surface area contributed by atoms with Crippen LogP contribution in [-0.2, 0) is 0 Å². The van der Waals surface area contributed by atoms with Gasteiger partial charge in [-0.1, -0.05) is 6.07 Å². The maximum absolute atomic E-state index is 12.8. The lowest BCUT2D eigenvalue weighted by atomic mass is 10.0. The molecular weight excluding hydrogens is 306 g/mol. The molecule has 0 spiro atoms. The Kier molecular flexibility index (Phi) is 4.32. The first-order valence-electron chi connectivity index (χ1n) is 8.10. The number of amides is 1. The van der Waals surface area contributed by atoms with Crippen molar-refractivity contribution in [3.63, 3.8) is 0 Å². The summed E-state index contributed by atoms with van der Waals surface area (Å²) in [7, 11) is 1.62. The Balaban J connectivity index is 1.91. The Morgan fingerprint density at radius 1 is 1.46 bits per heavy atom. The van der Waals surface area contributed by atoms with E-state index in [4.69, 9.17) is 4.74 Å². The topological polar surface area (TPSA) is 67.6 Å². The summed E-state index contributed by atoms with van der Waals surface area (Å²) in [6.07, 6.45) is 5.05. The van der Waals surface area contributed by atoms with Gasteiger partial charge in [0.15, 0.2) is 0 Å². The van der Waals surface area contributed by atoms with Gasteiger partial charge in [0.05, 0.1) is 24.9 Å². The normalized spacial score (nSPS) is 20.4. The fraction of sp³-hybridized carbons (Fsp3) is 0.444. The summed E-state index contributed by atoms with van der Waals surface area (Å²) in [6.45, 7) is 4.53. The van der Waals surface area contributed by atoms with Gasteiger partial charge in [0.1, 0.15) is 17.8 Å². The van der Waals surface area contributed by atoms with Gasteiger partial charge in [0.2, 0.25) is 0 Å². The van der Waals surface area contributed by atoms with Crippen LogP contribution in [0.5, 0.6) is 5.75 Å². The average Bonchev–Trinajstić information content (AvgIpc) is 3.21. The molecule has 1 aromatic heterocycles. The Hall–Kier alpha value is -2.34. The SMILES string of the molecule is COc1ccc(C)cc1-n1cnc(C(=O)N2CCCC2(C)CO)c1. The van der Waals surface area contributed by atoms with Gasteiger partial charge >= 0.3 is 0 Å². The monoisotopic (exact) mass is 329 g/mol. The van der Waals surface area contributed by atoms with Crippen molar-refractivity contribution in [1.29, 1.82) is 0 Å². The van der Waals surface area contributed by atoms with Crippen LogP contribution in [0.15, 0.2) is 30.7 Å². The summed E-state index contributed by atoms with van der Waals surface area (Å²) in [5.41, 5.74) is 1.82. The highest BCUT2D eigenvalue weighted by molar-refractivity contribution is 5.93. The molecule has 1 N–H and O–H groups in total. The van der Waals surface area contributed by atoms with Crippen molar-refractivity contribution in [2.75, 3.05) is 20.3 Å². The summed E-state index contributed by atoms with van der Waals surface area (Å²) in [4.78, 5) is 18.8. The number of carbonyl (C=O) groups is 1. The van der Waals surface area contributed by atoms with Crippen LogP contribution in [0.3, 0.4) is 0 Å². The number of benzene rings is 1. The van der Waals surface area contributed by atoms with E-state index in [1.165, 1.54) is 0 Å². The van der Waals surface area contributed by atoms with Crippen molar-refractivity contribution in [1.82, 2.24) is 14.5 Å². The molecule has 1 atom stereocenters. The molecule has 0 bridgehead atoms. The standard InChI is InChI=1S/C18H23N3O3/c1-13-5-6-16(24-3)15(9-13)20-10-14(19-12-20)17(23)21-8-4-7-18(21,2)11-22/h5-6,9-10,12,22H,4,7-8,11H2,1-3H3. The third-order valence-electron chi connectivity index (χ3n) is 4.75. The predicted molar refractivity (Wildman–Crippen MR) is 90.6 cm³/mol. The molecule has 6 nitrogen and oxygen atoms in total. The molecule has 1 fully saturated rings. The van der Waals surface area contributed by atoms with Crippen molar-refractivity contribution in [2.45, 2.75) is 32.2 Å². The van der Waals surface area contributed by atoms with E-state index in [1.54, 1.807) is 29.1 Å². The number of methoxy groups -OCH3 is 1. The van der Waals surface area contributed by atoms with Crippen LogP contribution in [0, 0.1) is 6.92 Å². The van der Waals surface area contributed by atoms with Crippen LogP contribution >= 0.6 is 0 Å². The number of rotatable bonds is 4. The number of likely N-dealkylation sites (tertiary alicyclic amines) is 1. The molecule has 1 saturated heterocycles. The highest BCUT2D eigenvalue weighted by atomic mass is 16.5. The number of aliphatic hydroxyl groups is 1. The Labute approximate surface area is 141 Å². The highest BCUT2D eigenvalue weighted by Crippen LogP contribution is 2.30. The van der Waals surface area contributed by atoms with Gasteiger partial charge in [-0.15, -0.1) is 0 Å². The van der Waals surface area contributed by atoms with Crippen molar-refractivity contribution in [3.05, 3.63) is 42.0 Å². The van der Waals surface area contributed by atoms with Gasteiger partial charge < -0.3 is 19.3 Å². The second-order valence-electron chi connectivity index (χ2n) is 6.56. The smallest absolute Gasteiger partial charge is 0.274 e. The number of carbonyl (C=O) groups excluding carboxylic acids is 1. The summed E-state index contributed by atoms with van der Waals surface area (Å²) >= 11 is 0. The summed E-state index contributed by atoms with van der Waals surface area (Å²) in [6, 6.07) is 5.86. The molecule has 128 valence electrons. The number of aromatic nitrogens is 2. The van der Waals surface area contributed by atoms with Crippen LogP contribution in [0.2, 0.25) is 0 Å². The third kappa shape index (κ3) is 2.78. The maximum Gasteiger partial charge on any atom is 0.274 e.